The lowest BCUT2D eigenvalue weighted by molar-refractivity contribution is -0.140. The Bertz CT molecular complexity index is 421. The molecule has 0 unspecified atom stereocenters. The van der Waals surface area contributed by atoms with Gasteiger partial charge in [0.2, 0.25) is 17.7 Å². The lowest BCUT2D eigenvalue weighted by atomic mass is 10.3. The van der Waals surface area contributed by atoms with E-state index in [1.807, 2.05) is 6.92 Å². The van der Waals surface area contributed by atoms with E-state index in [2.05, 4.69) is 15.5 Å². The summed E-state index contributed by atoms with van der Waals surface area (Å²) in [7, 11) is 0. The number of thioether (sulfide) groups is 1. The minimum absolute atomic E-state index is 0.249. The molecule has 1 rings (SSSR count). The first kappa shape index (κ1) is 14.5. The van der Waals surface area contributed by atoms with Crippen LogP contribution in [-0.4, -0.2) is 39.0 Å². The maximum absolute atomic E-state index is 10.8. The van der Waals surface area contributed by atoms with Crippen LogP contribution in [0.1, 0.15) is 25.6 Å². The number of hydrogen-bond donors (Lipinski definition) is 2. The van der Waals surface area contributed by atoms with Gasteiger partial charge in [-0.3, -0.25) is 4.79 Å². The number of amides is 1. The number of nitrogens with one attached hydrogen (secondary N) is 1. The van der Waals surface area contributed by atoms with Crippen molar-refractivity contribution in [2.75, 3.05) is 5.75 Å². The van der Waals surface area contributed by atoms with Crippen LogP contribution in [0.4, 0.5) is 0 Å². The molecule has 0 bridgehead atoms. The standard InChI is InChI=1S/C10H15N3O4S/c1-3-8-12-13-9(17-8)5-18-4-7(10(15)16)11-6(2)14/h7H,3-5H2,1-2H3,(H,11,14)(H,15,16)/t7-/m0/s1. The van der Waals surface area contributed by atoms with Crippen molar-refractivity contribution in [2.45, 2.75) is 32.1 Å². The highest BCUT2D eigenvalue weighted by atomic mass is 32.2. The number of aliphatic carboxylic acids is 1. The fourth-order valence-corrected chi connectivity index (χ4v) is 2.04. The van der Waals surface area contributed by atoms with Gasteiger partial charge in [-0.05, 0) is 0 Å². The average Bonchev–Trinajstić information content (AvgIpc) is 2.75. The fraction of sp³-hybridized carbons (Fsp3) is 0.600. The number of hydrogen-bond acceptors (Lipinski definition) is 6. The number of carboxylic acid groups (broad SMARTS) is 1. The van der Waals surface area contributed by atoms with Crippen LogP contribution in [0.25, 0.3) is 0 Å². The number of aryl methyl sites for hydroxylation is 1. The van der Waals surface area contributed by atoms with Gasteiger partial charge in [-0.15, -0.1) is 22.0 Å². The van der Waals surface area contributed by atoms with Crippen LogP contribution >= 0.6 is 11.8 Å². The summed E-state index contributed by atoms with van der Waals surface area (Å²) in [5.74, 6) is 0.271. The van der Waals surface area contributed by atoms with E-state index in [1.165, 1.54) is 18.7 Å². The van der Waals surface area contributed by atoms with Gasteiger partial charge in [-0.2, -0.15) is 0 Å². The highest BCUT2D eigenvalue weighted by Crippen LogP contribution is 2.12. The molecule has 1 amide bonds. The summed E-state index contributed by atoms with van der Waals surface area (Å²) in [5, 5.41) is 18.9. The molecule has 0 aliphatic rings. The van der Waals surface area contributed by atoms with Gasteiger partial charge in [-0.1, -0.05) is 6.92 Å². The molecule has 0 spiro atoms. The zero-order valence-corrected chi connectivity index (χ0v) is 11.0. The van der Waals surface area contributed by atoms with Crippen LogP contribution in [0.3, 0.4) is 0 Å². The highest BCUT2D eigenvalue weighted by molar-refractivity contribution is 7.98. The van der Waals surface area contributed by atoms with Crippen LogP contribution in [0, 0.1) is 0 Å². The molecule has 1 aromatic rings. The van der Waals surface area contributed by atoms with Crippen molar-refractivity contribution >= 4 is 23.6 Å². The first-order valence-electron chi connectivity index (χ1n) is 5.41. The Balaban J connectivity index is 2.38. The number of carboxylic acids is 1. The number of nitrogens with zero attached hydrogens (tertiary/aromatic N) is 2. The Morgan fingerprint density at radius 1 is 1.44 bits per heavy atom. The molecule has 0 aliphatic heterocycles. The first-order valence-corrected chi connectivity index (χ1v) is 6.57. The van der Waals surface area contributed by atoms with E-state index in [0.717, 1.165) is 0 Å². The largest absolute Gasteiger partial charge is 0.480 e. The van der Waals surface area contributed by atoms with E-state index in [4.69, 9.17) is 9.52 Å². The Labute approximate surface area is 108 Å². The fourth-order valence-electron chi connectivity index (χ4n) is 1.17. The van der Waals surface area contributed by atoms with Crippen molar-refractivity contribution < 1.29 is 19.1 Å². The summed E-state index contributed by atoms with van der Waals surface area (Å²) in [4.78, 5) is 21.7. The van der Waals surface area contributed by atoms with E-state index < -0.39 is 12.0 Å². The molecule has 0 saturated heterocycles. The van der Waals surface area contributed by atoms with Crippen molar-refractivity contribution in [3.05, 3.63) is 11.8 Å². The van der Waals surface area contributed by atoms with Crippen molar-refractivity contribution in [1.82, 2.24) is 15.5 Å². The Morgan fingerprint density at radius 3 is 2.61 bits per heavy atom. The summed E-state index contributed by atoms with van der Waals surface area (Å²) in [6.45, 7) is 3.19. The molecule has 100 valence electrons. The predicted molar refractivity (Wildman–Crippen MR) is 65.1 cm³/mol. The number of carbonyl (C=O) groups is 2. The molecule has 1 atom stereocenters. The second-order valence-corrected chi connectivity index (χ2v) is 4.58. The number of rotatable bonds is 7. The third-order valence-corrected chi connectivity index (χ3v) is 3.02. The molecule has 1 heterocycles. The molecule has 7 nitrogen and oxygen atoms in total. The third kappa shape index (κ3) is 4.74. The maximum atomic E-state index is 10.8. The molecule has 1 aromatic heterocycles. The minimum Gasteiger partial charge on any atom is -0.480 e. The topological polar surface area (TPSA) is 105 Å². The van der Waals surface area contributed by atoms with Gasteiger partial charge >= 0.3 is 5.97 Å². The van der Waals surface area contributed by atoms with Crippen molar-refractivity contribution in [2.24, 2.45) is 0 Å². The molecule has 0 fully saturated rings. The highest BCUT2D eigenvalue weighted by Gasteiger charge is 2.18. The smallest absolute Gasteiger partial charge is 0.327 e. The summed E-state index contributed by atoms with van der Waals surface area (Å²) >= 11 is 1.32. The summed E-state index contributed by atoms with van der Waals surface area (Å²) in [5.41, 5.74) is 0. The van der Waals surface area contributed by atoms with Gasteiger partial charge < -0.3 is 14.8 Å². The Kier molecular flexibility index (Phi) is 5.63. The van der Waals surface area contributed by atoms with Crippen molar-refractivity contribution in [1.29, 1.82) is 0 Å². The van der Waals surface area contributed by atoms with Gasteiger partial charge in [0.1, 0.15) is 6.04 Å². The number of carbonyl (C=O) groups excluding carboxylic acids is 1. The summed E-state index contributed by atoms with van der Waals surface area (Å²) in [6.07, 6.45) is 0.668. The Morgan fingerprint density at radius 2 is 2.11 bits per heavy atom. The van der Waals surface area contributed by atoms with E-state index in [0.29, 0.717) is 24.0 Å². The zero-order valence-electron chi connectivity index (χ0n) is 10.2. The second kappa shape index (κ2) is 7.00. The maximum Gasteiger partial charge on any atom is 0.327 e. The first-order chi connectivity index (χ1) is 8.52. The van der Waals surface area contributed by atoms with Crippen LogP contribution in [0.5, 0.6) is 0 Å². The molecular weight excluding hydrogens is 258 g/mol. The van der Waals surface area contributed by atoms with E-state index in [9.17, 15) is 9.59 Å². The van der Waals surface area contributed by atoms with Gasteiger partial charge in [0, 0.05) is 19.1 Å². The Hall–Kier alpha value is -1.57. The van der Waals surface area contributed by atoms with E-state index in [-0.39, 0.29) is 11.7 Å². The van der Waals surface area contributed by atoms with Gasteiger partial charge in [0.15, 0.2) is 0 Å². The monoisotopic (exact) mass is 273 g/mol. The molecule has 18 heavy (non-hydrogen) atoms. The molecular formula is C10H15N3O4S. The number of aromatic nitrogens is 2. The van der Waals surface area contributed by atoms with Crippen LogP contribution < -0.4 is 5.32 Å². The van der Waals surface area contributed by atoms with E-state index in [1.54, 1.807) is 0 Å². The third-order valence-electron chi connectivity index (χ3n) is 2.00. The quantitative estimate of drug-likeness (QED) is 0.743. The van der Waals surface area contributed by atoms with Crippen molar-refractivity contribution in [3.8, 4) is 0 Å². The van der Waals surface area contributed by atoms with Crippen LogP contribution in [-0.2, 0) is 21.8 Å². The molecule has 2 N–H and O–H groups in total. The molecule has 0 aliphatic carbocycles. The van der Waals surface area contributed by atoms with Crippen molar-refractivity contribution in [3.63, 3.8) is 0 Å². The molecule has 0 aromatic carbocycles. The molecule has 0 radical (unpaired) electrons. The second-order valence-electron chi connectivity index (χ2n) is 3.55. The van der Waals surface area contributed by atoms with Gasteiger partial charge in [0.05, 0.1) is 5.75 Å². The van der Waals surface area contributed by atoms with Crippen LogP contribution in [0.2, 0.25) is 0 Å². The summed E-state index contributed by atoms with van der Waals surface area (Å²) < 4.78 is 5.28. The lowest BCUT2D eigenvalue weighted by Gasteiger charge is -2.11. The van der Waals surface area contributed by atoms with E-state index >= 15 is 0 Å². The summed E-state index contributed by atoms with van der Waals surface area (Å²) in [6, 6.07) is -0.902. The normalized spacial score (nSPS) is 12.1. The zero-order chi connectivity index (χ0) is 13.5. The van der Waals surface area contributed by atoms with Gasteiger partial charge in [-0.25, -0.2) is 4.79 Å². The average molecular weight is 273 g/mol. The van der Waals surface area contributed by atoms with Gasteiger partial charge in [0.25, 0.3) is 0 Å². The minimum atomic E-state index is -1.06. The molecule has 0 saturated carbocycles. The SMILES string of the molecule is CCc1nnc(CSC[C@H](NC(C)=O)C(=O)O)o1. The molecule has 8 heteroatoms. The van der Waals surface area contributed by atoms with Crippen LogP contribution in [0.15, 0.2) is 4.42 Å². The predicted octanol–water partition coefficient (Wildman–Crippen LogP) is 0.454. The lowest BCUT2D eigenvalue weighted by Crippen LogP contribution is -2.41.